The van der Waals surface area contributed by atoms with Gasteiger partial charge in [0, 0.05) is 38.1 Å². The second-order valence-electron chi connectivity index (χ2n) is 10.9. The number of hydrogen-bond donors (Lipinski definition) is 2. The van der Waals surface area contributed by atoms with Crippen LogP contribution in [0.4, 0.5) is 0 Å². The second-order valence-corrected chi connectivity index (χ2v) is 10.9. The second kappa shape index (κ2) is 6.98. The minimum Gasteiger partial charge on any atom is -0.359 e. The van der Waals surface area contributed by atoms with Gasteiger partial charge in [-0.1, -0.05) is 25.1 Å². The van der Waals surface area contributed by atoms with Gasteiger partial charge in [0.05, 0.1) is 11.2 Å². The first kappa shape index (κ1) is 20.1. The molecule has 31 heavy (non-hydrogen) atoms. The van der Waals surface area contributed by atoms with Crippen molar-refractivity contribution in [2.24, 2.45) is 11.3 Å². The quantitative estimate of drug-likeness (QED) is 0.707. The smallest absolute Gasteiger partial charge is 0.0975 e. The van der Waals surface area contributed by atoms with Crippen LogP contribution in [0, 0.1) is 11.3 Å². The van der Waals surface area contributed by atoms with Gasteiger partial charge >= 0.3 is 0 Å². The van der Waals surface area contributed by atoms with Gasteiger partial charge in [-0.15, -0.1) is 0 Å². The molecule has 2 bridgehead atoms. The summed E-state index contributed by atoms with van der Waals surface area (Å²) in [6.07, 6.45) is 17.6. The van der Waals surface area contributed by atoms with Crippen LogP contribution in [-0.4, -0.2) is 45.6 Å². The first-order valence-electron chi connectivity index (χ1n) is 12.1. The van der Waals surface area contributed by atoms with Gasteiger partial charge in [-0.2, -0.15) is 5.06 Å². The lowest BCUT2D eigenvalue weighted by molar-refractivity contribution is -0.167. The van der Waals surface area contributed by atoms with Crippen LogP contribution in [0.25, 0.3) is 0 Å². The summed E-state index contributed by atoms with van der Waals surface area (Å²) in [4.78, 5) is 4.27. The zero-order valence-electron chi connectivity index (χ0n) is 18.8. The van der Waals surface area contributed by atoms with Crippen molar-refractivity contribution in [2.45, 2.75) is 88.1 Å². The summed E-state index contributed by atoms with van der Waals surface area (Å²) in [5.41, 5.74) is 4.13. The van der Waals surface area contributed by atoms with Crippen molar-refractivity contribution in [1.29, 1.82) is 0 Å². The van der Waals surface area contributed by atoms with Crippen LogP contribution in [-0.2, 0) is 11.3 Å². The van der Waals surface area contributed by atoms with E-state index < -0.39 is 0 Å². The van der Waals surface area contributed by atoms with Crippen molar-refractivity contribution in [1.82, 2.24) is 15.4 Å². The minimum atomic E-state index is -0.156. The topological polar surface area (TPSA) is 57.6 Å². The lowest BCUT2D eigenvalue weighted by Gasteiger charge is -2.54. The van der Waals surface area contributed by atoms with Crippen LogP contribution < -0.4 is 5.32 Å². The summed E-state index contributed by atoms with van der Waals surface area (Å²) >= 11 is 0. The van der Waals surface area contributed by atoms with E-state index in [1.807, 2.05) is 18.5 Å². The Balaban J connectivity index is 1.29. The Kier molecular flexibility index (Phi) is 4.53. The minimum absolute atomic E-state index is 0.128. The summed E-state index contributed by atoms with van der Waals surface area (Å²) in [5, 5.41) is 15.4. The molecule has 5 heteroatoms. The summed E-state index contributed by atoms with van der Waals surface area (Å²) in [7, 11) is 1.79. The van der Waals surface area contributed by atoms with Gasteiger partial charge < -0.3 is 15.3 Å². The molecule has 2 aliphatic heterocycles. The molecule has 3 aliphatic carbocycles. The van der Waals surface area contributed by atoms with Gasteiger partial charge in [0.1, 0.15) is 0 Å². The lowest BCUT2D eigenvalue weighted by Crippen LogP contribution is -2.56. The number of fused-ring (bicyclic) bond motifs is 1. The Morgan fingerprint density at radius 1 is 1.29 bits per heavy atom. The number of ether oxygens (including phenoxy) is 1. The molecule has 0 radical (unpaired) electrons. The highest BCUT2D eigenvalue weighted by Crippen LogP contribution is 2.66. The van der Waals surface area contributed by atoms with Gasteiger partial charge in [0.2, 0.25) is 0 Å². The maximum absolute atomic E-state index is 10.1. The number of rotatable bonds is 4. The highest BCUT2D eigenvalue weighted by molar-refractivity contribution is 5.47. The summed E-state index contributed by atoms with van der Waals surface area (Å²) < 4.78 is 7.24. The van der Waals surface area contributed by atoms with E-state index in [0.29, 0.717) is 12.0 Å². The van der Waals surface area contributed by atoms with Crippen LogP contribution in [0.15, 0.2) is 47.8 Å². The number of nitrogens with one attached hydrogen (secondary N) is 1. The Morgan fingerprint density at radius 2 is 2.19 bits per heavy atom. The monoisotopic (exact) mass is 421 g/mol. The highest BCUT2D eigenvalue weighted by atomic mass is 16.5. The van der Waals surface area contributed by atoms with E-state index in [9.17, 15) is 5.21 Å². The molecule has 2 saturated carbocycles. The molecule has 5 aliphatic rings. The van der Waals surface area contributed by atoms with Gasteiger partial charge in [0.15, 0.2) is 0 Å². The van der Waals surface area contributed by atoms with Crippen LogP contribution in [0.5, 0.6) is 0 Å². The Bertz CT molecular complexity index is 928. The molecule has 6 atom stereocenters. The van der Waals surface area contributed by atoms with E-state index in [1.165, 1.54) is 34.6 Å². The summed E-state index contributed by atoms with van der Waals surface area (Å²) in [6, 6.07) is 4.87. The van der Waals surface area contributed by atoms with Crippen molar-refractivity contribution in [2.75, 3.05) is 7.05 Å². The van der Waals surface area contributed by atoms with Gasteiger partial charge in [-0.3, -0.25) is 4.98 Å². The number of allylic oxidation sites excluding steroid dienone is 1. The summed E-state index contributed by atoms with van der Waals surface area (Å²) in [6.45, 7) is 3.37. The van der Waals surface area contributed by atoms with Gasteiger partial charge in [-0.05, 0) is 85.5 Å². The zero-order chi connectivity index (χ0) is 21.3. The molecular weight excluding hydrogens is 386 g/mol. The number of aromatic nitrogens is 1. The Labute approximate surface area is 185 Å². The first-order valence-corrected chi connectivity index (χ1v) is 12.1. The Hall–Kier alpha value is -1.53. The molecule has 0 aromatic carbocycles. The molecule has 1 aromatic heterocycles. The zero-order valence-corrected chi connectivity index (χ0v) is 18.8. The fourth-order valence-corrected chi connectivity index (χ4v) is 7.78. The van der Waals surface area contributed by atoms with Crippen molar-refractivity contribution in [3.05, 3.63) is 53.4 Å². The van der Waals surface area contributed by atoms with Crippen LogP contribution >= 0.6 is 0 Å². The number of hydrogen-bond acceptors (Lipinski definition) is 5. The molecule has 0 unspecified atom stereocenters. The van der Waals surface area contributed by atoms with E-state index in [0.717, 1.165) is 45.1 Å². The Morgan fingerprint density at radius 3 is 3.00 bits per heavy atom. The van der Waals surface area contributed by atoms with Gasteiger partial charge in [-0.25, -0.2) is 0 Å². The fraction of sp³-hybridized carbons (Fsp3) is 0.654. The van der Waals surface area contributed by atoms with Crippen LogP contribution in [0.2, 0.25) is 0 Å². The molecular formula is C26H35N3O2. The third-order valence-corrected chi connectivity index (χ3v) is 9.46. The predicted octanol–water partition coefficient (Wildman–Crippen LogP) is 4.39. The molecule has 6 rings (SSSR count). The van der Waals surface area contributed by atoms with E-state index >= 15 is 0 Å². The molecule has 2 spiro atoms. The highest BCUT2D eigenvalue weighted by Gasteiger charge is 2.66. The molecule has 3 fully saturated rings. The largest absolute Gasteiger partial charge is 0.359 e. The van der Waals surface area contributed by atoms with Crippen molar-refractivity contribution in [3.63, 3.8) is 0 Å². The van der Waals surface area contributed by atoms with Gasteiger partial charge in [0.25, 0.3) is 0 Å². The molecule has 2 N–H and O–H groups in total. The van der Waals surface area contributed by atoms with Crippen molar-refractivity contribution in [3.8, 4) is 0 Å². The maximum atomic E-state index is 10.1. The number of nitrogens with zero attached hydrogens (tertiary/aromatic N) is 2. The van der Waals surface area contributed by atoms with E-state index in [4.69, 9.17) is 4.74 Å². The maximum Gasteiger partial charge on any atom is 0.0975 e. The van der Waals surface area contributed by atoms with E-state index in [1.54, 1.807) is 7.05 Å². The molecule has 1 aromatic rings. The van der Waals surface area contributed by atoms with E-state index in [2.05, 4.69) is 35.4 Å². The molecule has 5 nitrogen and oxygen atoms in total. The van der Waals surface area contributed by atoms with Crippen LogP contribution in [0.3, 0.4) is 0 Å². The first-order chi connectivity index (χ1) is 15.0. The van der Waals surface area contributed by atoms with Crippen molar-refractivity contribution < 1.29 is 9.94 Å². The normalized spacial score (nSPS) is 43.2. The average molecular weight is 422 g/mol. The average Bonchev–Trinajstić information content (AvgIpc) is 3.27. The van der Waals surface area contributed by atoms with Crippen LogP contribution in [0.1, 0.15) is 63.9 Å². The van der Waals surface area contributed by atoms with E-state index in [-0.39, 0.29) is 22.7 Å². The third kappa shape index (κ3) is 2.86. The predicted molar refractivity (Wildman–Crippen MR) is 119 cm³/mol. The third-order valence-electron chi connectivity index (χ3n) is 9.46. The lowest BCUT2D eigenvalue weighted by atomic mass is 9.60. The standard InChI is InChI=1S/C26H35N3O2/c1-24-10-9-20-14-19-5-6-21(29(2)30)15-25(19)11-12-26(20,31-25)22(24)7-8-23(24)28-17-18-4-3-13-27-16-18/h3-4,9,13-14,16,21-23,28,30H,5-8,10-12,15,17H2,1-2H3/t21-,22+,23-,24-,25+,26+/m0/s1. The summed E-state index contributed by atoms with van der Waals surface area (Å²) in [5.74, 6) is 0.552. The molecule has 166 valence electrons. The fourth-order valence-electron chi connectivity index (χ4n) is 7.78. The SMILES string of the molecule is CN(O)[C@H]1CCC2=CC3=CC[C@]4(C)[C@@H](NCc5cccnc5)CC[C@H]4[C@@]34CC[C@]2(C1)O4. The van der Waals surface area contributed by atoms with Crippen molar-refractivity contribution >= 4 is 0 Å². The molecule has 1 saturated heterocycles. The number of pyridine rings is 1. The molecule has 0 amide bonds. The molecule has 3 heterocycles. The number of hydroxylamine groups is 2.